The van der Waals surface area contributed by atoms with E-state index in [-0.39, 0.29) is 5.88 Å². The average Bonchev–Trinajstić information content (AvgIpc) is 2.39. The molecule has 1 aromatic heterocycles. The fraction of sp³-hybridized carbons (Fsp3) is 0.0769. The summed E-state index contributed by atoms with van der Waals surface area (Å²) in [5, 5.41) is 11.0. The van der Waals surface area contributed by atoms with E-state index in [1.165, 1.54) is 36.5 Å². The minimum atomic E-state index is -0.699. The second-order valence-corrected chi connectivity index (χ2v) is 3.91. The van der Waals surface area contributed by atoms with Crippen molar-refractivity contribution in [2.75, 3.05) is 0 Å². The van der Waals surface area contributed by atoms with Crippen LogP contribution in [-0.4, -0.2) is 15.9 Å². The van der Waals surface area contributed by atoms with Crippen LogP contribution in [0, 0.1) is 15.9 Å². The molecule has 6 nitrogen and oxygen atoms in total. The Morgan fingerprint density at radius 1 is 1.30 bits per heavy atom. The Morgan fingerprint density at radius 2 is 1.95 bits per heavy atom. The summed E-state index contributed by atoms with van der Waals surface area (Å²) in [5.41, 5.74) is 0.561. The smallest absolute Gasteiger partial charge is 0.332 e. The monoisotopic (exact) mass is 276 g/mol. The van der Waals surface area contributed by atoms with Crippen molar-refractivity contribution in [1.82, 2.24) is 4.98 Å². The van der Waals surface area contributed by atoms with E-state index in [0.717, 1.165) is 6.92 Å². The van der Waals surface area contributed by atoms with Crippen LogP contribution in [-0.2, 0) is 4.79 Å². The highest BCUT2D eigenvalue weighted by molar-refractivity contribution is 5.72. The second-order valence-electron chi connectivity index (χ2n) is 3.91. The van der Waals surface area contributed by atoms with Gasteiger partial charge in [-0.1, -0.05) is 12.1 Å². The number of hydrogen-bond donors (Lipinski definition) is 0. The summed E-state index contributed by atoms with van der Waals surface area (Å²) < 4.78 is 17.5. The molecule has 0 aliphatic heterocycles. The minimum Gasteiger partial charge on any atom is -0.401 e. The van der Waals surface area contributed by atoms with E-state index in [1.807, 2.05) is 0 Å². The van der Waals surface area contributed by atoms with Gasteiger partial charge in [0.15, 0.2) is 0 Å². The third kappa shape index (κ3) is 2.94. The van der Waals surface area contributed by atoms with Gasteiger partial charge in [-0.3, -0.25) is 14.9 Å². The largest absolute Gasteiger partial charge is 0.401 e. The number of rotatable bonds is 3. The zero-order chi connectivity index (χ0) is 14.7. The zero-order valence-corrected chi connectivity index (χ0v) is 10.4. The number of esters is 1. The molecule has 0 aliphatic carbocycles. The van der Waals surface area contributed by atoms with Crippen molar-refractivity contribution in [2.24, 2.45) is 0 Å². The van der Waals surface area contributed by atoms with Gasteiger partial charge in [0.05, 0.1) is 4.92 Å². The molecule has 1 aromatic carbocycles. The third-order valence-electron chi connectivity index (χ3n) is 2.45. The van der Waals surface area contributed by atoms with Crippen molar-refractivity contribution in [1.29, 1.82) is 0 Å². The van der Waals surface area contributed by atoms with Crippen molar-refractivity contribution < 1.29 is 18.8 Å². The van der Waals surface area contributed by atoms with Gasteiger partial charge in [0.2, 0.25) is 0 Å². The molecule has 1 heterocycles. The number of carbonyl (C=O) groups is 1. The maximum absolute atomic E-state index is 12.8. The molecule has 2 aromatic rings. The predicted molar refractivity (Wildman–Crippen MR) is 67.6 cm³/mol. The molecular formula is C13H9FN2O4. The van der Waals surface area contributed by atoms with E-state index in [4.69, 9.17) is 0 Å². The molecule has 2 rings (SSSR count). The van der Waals surface area contributed by atoms with Crippen LogP contribution in [0.5, 0.6) is 5.88 Å². The molecule has 0 amide bonds. The molecule has 0 spiro atoms. The Labute approximate surface area is 113 Å². The first kappa shape index (κ1) is 13.6. The number of hydrogen-bond acceptors (Lipinski definition) is 5. The number of carbonyl (C=O) groups excluding carboxylic acids is 1. The Hall–Kier alpha value is -2.83. The number of pyridine rings is 1. The molecular weight excluding hydrogens is 267 g/mol. The number of nitrogens with zero attached hydrogens (tertiary/aromatic N) is 2. The van der Waals surface area contributed by atoms with E-state index < -0.39 is 22.4 Å². The van der Waals surface area contributed by atoms with E-state index >= 15 is 0 Å². The molecule has 0 radical (unpaired) electrons. The molecule has 20 heavy (non-hydrogen) atoms. The number of benzene rings is 1. The summed E-state index contributed by atoms with van der Waals surface area (Å²) in [6.07, 6.45) is 1.32. The van der Waals surface area contributed by atoms with Gasteiger partial charge in [0.25, 0.3) is 0 Å². The van der Waals surface area contributed by atoms with Crippen molar-refractivity contribution in [3.8, 4) is 17.0 Å². The van der Waals surface area contributed by atoms with Crippen molar-refractivity contribution >= 4 is 11.7 Å². The number of nitro groups is 1. The first-order chi connectivity index (χ1) is 9.47. The maximum atomic E-state index is 12.8. The zero-order valence-electron chi connectivity index (χ0n) is 10.4. The van der Waals surface area contributed by atoms with Crippen LogP contribution in [0.2, 0.25) is 0 Å². The highest BCUT2D eigenvalue weighted by Crippen LogP contribution is 2.30. The van der Waals surface area contributed by atoms with Gasteiger partial charge in [-0.05, 0) is 17.7 Å². The first-order valence-corrected chi connectivity index (χ1v) is 5.56. The predicted octanol–water partition coefficient (Wildman–Crippen LogP) is 2.72. The van der Waals surface area contributed by atoms with Crippen molar-refractivity contribution in [3.05, 3.63) is 52.5 Å². The summed E-state index contributed by atoms with van der Waals surface area (Å²) in [7, 11) is 0. The summed E-state index contributed by atoms with van der Waals surface area (Å²) in [6.45, 7) is 1.12. The molecule has 0 bridgehead atoms. The van der Waals surface area contributed by atoms with E-state index in [0.29, 0.717) is 11.1 Å². The molecule has 0 atom stereocenters. The summed E-state index contributed by atoms with van der Waals surface area (Å²) >= 11 is 0. The van der Waals surface area contributed by atoms with E-state index in [9.17, 15) is 19.3 Å². The summed E-state index contributed by atoms with van der Waals surface area (Å²) in [4.78, 5) is 24.9. The molecule has 0 fully saturated rings. The average molecular weight is 276 g/mol. The number of aromatic nitrogens is 1. The first-order valence-electron chi connectivity index (χ1n) is 5.56. The SMILES string of the molecule is CC(=O)Oc1ncc(-c2ccc(F)cc2)cc1[N+](=O)[O-]. The van der Waals surface area contributed by atoms with Gasteiger partial charge in [0.1, 0.15) is 5.82 Å². The highest BCUT2D eigenvalue weighted by atomic mass is 19.1. The number of halogens is 1. The maximum Gasteiger partial charge on any atom is 0.332 e. The Bertz CT molecular complexity index is 671. The van der Waals surface area contributed by atoms with Gasteiger partial charge in [-0.2, -0.15) is 0 Å². The molecule has 0 N–H and O–H groups in total. The Morgan fingerprint density at radius 3 is 2.50 bits per heavy atom. The number of ether oxygens (including phenoxy) is 1. The second kappa shape index (κ2) is 5.43. The molecule has 0 aliphatic rings. The fourth-order valence-corrected chi connectivity index (χ4v) is 1.59. The topological polar surface area (TPSA) is 82.3 Å². The highest BCUT2D eigenvalue weighted by Gasteiger charge is 2.19. The summed E-state index contributed by atoms with van der Waals surface area (Å²) in [6, 6.07) is 6.64. The van der Waals surface area contributed by atoms with Crippen molar-refractivity contribution in [2.45, 2.75) is 6.92 Å². The van der Waals surface area contributed by atoms with E-state index in [1.54, 1.807) is 0 Å². The van der Waals surface area contributed by atoms with Gasteiger partial charge in [0, 0.05) is 24.8 Å². The lowest BCUT2D eigenvalue weighted by molar-refractivity contribution is -0.386. The molecule has 0 unspecified atom stereocenters. The Balaban J connectivity index is 2.47. The van der Waals surface area contributed by atoms with Crippen molar-refractivity contribution in [3.63, 3.8) is 0 Å². The van der Waals surface area contributed by atoms with Crippen LogP contribution in [0.4, 0.5) is 10.1 Å². The molecule has 7 heteroatoms. The lowest BCUT2D eigenvalue weighted by Gasteiger charge is -2.04. The van der Waals surface area contributed by atoms with Gasteiger partial charge in [-0.25, -0.2) is 9.37 Å². The lowest BCUT2D eigenvalue weighted by atomic mass is 10.1. The fourth-order valence-electron chi connectivity index (χ4n) is 1.59. The molecule has 0 saturated carbocycles. The van der Waals surface area contributed by atoms with E-state index in [2.05, 4.69) is 9.72 Å². The van der Waals surface area contributed by atoms with Crippen LogP contribution >= 0.6 is 0 Å². The standard InChI is InChI=1S/C13H9FN2O4/c1-8(17)20-13-12(16(18)19)6-10(7-15-13)9-2-4-11(14)5-3-9/h2-7H,1H3. The van der Waals surface area contributed by atoms with Gasteiger partial charge in [-0.15, -0.1) is 0 Å². The van der Waals surface area contributed by atoms with Crippen LogP contribution in [0.25, 0.3) is 11.1 Å². The van der Waals surface area contributed by atoms with Crippen LogP contribution < -0.4 is 4.74 Å². The lowest BCUT2D eigenvalue weighted by Crippen LogP contribution is -2.06. The molecule has 102 valence electrons. The Kier molecular flexibility index (Phi) is 3.69. The quantitative estimate of drug-likeness (QED) is 0.489. The third-order valence-corrected chi connectivity index (χ3v) is 2.45. The van der Waals surface area contributed by atoms with Gasteiger partial charge >= 0.3 is 17.5 Å². The van der Waals surface area contributed by atoms with Gasteiger partial charge < -0.3 is 4.74 Å². The normalized spacial score (nSPS) is 10.1. The summed E-state index contributed by atoms with van der Waals surface area (Å²) in [5.74, 6) is -1.48. The minimum absolute atomic E-state index is 0.367. The van der Waals surface area contributed by atoms with Crippen LogP contribution in [0.3, 0.4) is 0 Å². The molecule has 0 saturated heterocycles. The van der Waals surface area contributed by atoms with Crippen LogP contribution in [0.15, 0.2) is 36.5 Å². The van der Waals surface area contributed by atoms with Crippen LogP contribution in [0.1, 0.15) is 6.92 Å².